The summed E-state index contributed by atoms with van der Waals surface area (Å²) in [5.74, 6) is -3.39. The van der Waals surface area contributed by atoms with Crippen LogP contribution in [0.5, 0.6) is 0 Å². The number of amides is 6. The Kier molecular flexibility index (Phi) is 6.05. The standard InChI is InChI=1S/C17H19N5O9S/c1-20-8-11(15(25)26)22(17(20)28)16(27)19-12(9-5-3-2-4-6-9)13(23)18-10-7-21(14(10)24)32(29,30)31/h2-6,10-12H,7-8H2,1H3,(H,18,23)(H,19,27)(H,25,26)(H,29,30,31). The lowest BCUT2D eigenvalue weighted by atomic mass is 10.0. The third kappa shape index (κ3) is 4.33. The van der Waals surface area contributed by atoms with E-state index in [-0.39, 0.29) is 16.4 Å². The fourth-order valence-corrected chi connectivity index (χ4v) is 3.95. The largest absolute Gasteiger partial charge is 0.480 e. The molecule has 3 atom stereocenters. The third-order valence-corrected chi connectivity index (χ3v) is 5.83. The van der Waals surface area contributed by atoms with Crippen LogP contribution in [-0.2, 0) is 24.7 Å². The lowest BCUT2D eigenvalue weighted by Gasteiger charge is -2.36. The monoisotopic (exact) mass is 469 g/mol. The van der Waals surface area contributed by atoms with Crippen molar-refractivity contribution in [1.82, 2.24) is 24.7 Å². The summed E-state index contributed by atoms with van der Waals surface area (Å²) in [4.78, 5) is 62.7. The van der Waals surface area contributed by atoms with Crippen LogP contribution in [0.2, 0.25) is 0 Å². The van der Waals surface area contributed by atoms with Gasteiger partial charge >= 0.3 is 28.3 Å². The minimum atomic E-state index is -4.75. The zero-order valence-electron chi connectivity index (χ0n) is 16.5. The minimum absolute atomic E-state index is 0.157. The van der Waals surface area contributed by atoms with Crippen molar-refractivity contribution >= 4 is 40.2 Å². The molecule has 2 aliphatic rings. The molecule has 1 aromatic rings. The second-order valence-corrected chi connectivity index (χ2v) is 8.43. The lowest BCUT2D eigenvalue weighted by molar-refractivity contribution is -0.141. The van der Waals surface area contributed by atoms with E-state index in [4.69, 9.17) is 4.55 Å². The van der Waals surface area contributed by atoms with Crippen LogP contribution in [0.4, 0.5) is 9.59 Å². The van der Waals surface area contributed by atoms with Crippen LogP contribution in [-0.4, -0.2) is 94.2 Å². The first-order valence-corrected chi connectivity index (χ1v) is 10.5. The fraction of sp³-hybridized carbons (Fsp3) is 0.353. The van der Waals surface area contributed by atoms with Gasteiger partial charge in [0.05, 0.1) is 13.1 Å². The number of carboxylic acids is 1. The van der Waals surface area contributed by atoms with E-state index in [2.05, 4.69) is 10.6 Å². The number of nitrogens with zero attached hydrogens (tertiary/aromatic N) is 3. The molecule has 2 fully saturated rings. The number of hydrogen-bond donors (Lipinski definition) is 4. The molecule has 172 valence electrons. The van der Waals surface area contributed by atoms with Gasteiger partial charge < -0.3 is 20.6 Å². The Labute approximate surface area is 181 Å². The third-order valence-electron chi connectivity index (χ3n) is 4.95. The van der Waals surface area contributed by atoms with E-state index < -0.39 is 64.8 Å². The van der Waals surface area contributed by atoms with Gasteiger partial charge in [0.1, 0.15) is 12.1 Å². The van der Waals surface area contributed by atoms with Crippen molar-refractivity contribution in [1.29, 1.82) is 0 Å². The Bertz CT molecular complexity index is 1080. The molecule has 1 aromatic carbocycles. The Morgan fingerprint density at radius 3 is 2.28 bits per heavy atom. The van der Waals surface area contributed by atoms with Gasteiger partial charge in [-0.05, 0) is 5.56 Å². The van der Waals surface area contributed by atoms with Gasteiger partial charge in [0.25, 0.3) is 5.91 Å². The summed E-state index contributed by atoms with van der Waals surface area (Å²) in [5, 5.41) is 13.9. The number of benzene rings is 1. The van der Waals surface area contributed by atoms with Gasteiger partial charge in [-0.15, -0.1) is 0 Å². The molecule has 0 bridgehead atoms. The van der Waals surface area contributed by atoms with Crippen LogP contribution in [0.25, 0.3) is 0 Å². The van der Waals surface area contributed by atoms with E-state index in [9.17, 15) is 37.5 Å². The summed E-state index contributed by atoms with van der Waals surface area (Å²) in [6.45, 7) is -0.749. The molecule has 2 aliphatic heterocycles. The Hall–Kier alpha value is -3.72. The number of imide groups is 1. The highest BCUT2D eigenvalue weighted by Gasteiger charge is 2.47. The van der Waals surface area contributed by atoms with Gasteiger partial charge in [-0.1, -0.05) is 30.3 Å². The summed E-state index contributed by atoms with van der Waals surface area (Å²) in [6.07, 6.45) is 0. The molecule has 2 heterocycles. The number of likely N-dealkylation sites (N-methyl/N-ethyl adjacent to an activating group) is 1. The van der Waals surface area contributed by atoms with Crippen LogP contribution in [0.3, 0.4) is 0 Å². The van der Waals surface area contributed by atoms with Gasteiger partial charge in [0.15, 0.2) is 6.04 Å². The van der Waals surface area contributed by atoms with Crippen molar-refractivity contribution in [3.8, 4) is 0 Å². The van der Waals surface area contributed by atoms with Gasteiger partial charge in [-0.3, -0.25) is 14.1 Å². The first-order chi connectivity index (χ1) is 14.9. The van der Waals surface area contributed by atoms with Gasteiger partial charge in [-0.25, -0.2) is 23.6 Å². The van der Waals surface area contributed by atoms with Crippen molar-refractivity contribution < 1.29 is 42.0 Å². The maximum absolute atomic E-state index is 12.8. The SMILES string of the molecule is CN1CC(C(=O)O)N(C(=O)NC(C(=O)NC2CN(S(=O)(=O)O)C2=O)c2ccccc2)C1=O. The number of rotatable bonds is 6. The predicted octanol–water partition coefficient (Wildman–Crippen LogP) is -1.61. The van der Waals surface area contributed by atoms with Crippen molar-refractivity contribution in [3.05, 3.63) is 35.9 Å². The average Bonchev–Trinajstić information content (AvgIpc) is 3.03. The summed E-state index contributed by atoms with van der Waals surface area (Å²) in [7, 11) is -3.44. The van der Waals surface area contributed by atoms with Crippen molar-refractivity contribution in [2.45, 2.75) is 18.1 Å². The average molecular weight is 469 g/mol. The molecule has 14 nitrogen and oxygen atoms in total. The summed E-state index contributed by atoms with van der Waals surface area (Å²) in [5.41, 5.74) is 0.253. The Morgan fingerprint density at radius 1 is 1.12 bits per heavy atom. The highest BCUT2D eigenvalue weighted by atomic mass is 32.2. The van der Waals surface area contributed by atoms with Crippen molar-refractivity contribution in [2.24, 2.45) is 0 Å². The van der Waals surface area contributed by atoms with Crippen LogP contribution in [0, 0.1) is 0 Å². The number of β-lactam (4-membered cyclic amide) rings is 1. The Morgan fingerprint density at radius 2 is 1.75 bits per heavy atom. The molecule has 0 aliphatic carbocycles. The maximum atomic E-state index is 12.8. The summed E-state index contributed by atoms with van der Waals surface area (Å²) < 4.78 is 31.2. The number of carbonyl (C=O) groups excluding carboxylic acids is 4. The molecular weight excluding hydrogens is 450 g/mol. The first-order valence-electron chi connectivity index (χ1n) is 9.13. The molecule has 0 radical (unpaired) electrons. The molecule has 6 amide bonds. The highest BCUT2D eigenvalue weighted by molar-refractivity contribution is 7.84. The number of hydrogen-bond acceptors (Lipinski definition) is 7. The normalized spacial score (nSPS) is 21.8. The number of aliphatic carboxylic acids is 1. The van der Waals surface area contributed by atoms with E-state index >= 15 is 0 Å². The molecule has 3 rings (SSSR count). The molecule has 4 N–H and O–H groups in total. The molecule has 0 saturated carbocycles. The zero-order valence-corrected chi connectivity index (χ0v) is 17.4. The first kappa shape index (κ1) is 23.0. The summed E-state index contributed by atoms with van der Waals surface area (Å²) in [6, 6.07) is 1.52. The minimum Gasteiger partial charge on any atom is -0.480 e. The van der Waals surface area contributed by atoms with E-state index in [1.165, 1.54) is 19.2 Å². The topological polar surface area (TPSA) is 194 Å². The van der Waals surface area contributed by atoms with Crippen LogP contribution in [0.15, 0.2) is 30.3 Å². The number of carboxylic acid groups (broad SMARTS) is 1. The molecule has 32 heavy (non-hydrogen) atoms. The number of urea groups is 2. The van der Waals surface area contributed by atoms with E-state index in [1.54, 1.807) is 18.2 Å². The smallest absolute Gasteiger partial charge is 0.362 e. The molecule has 0 spiro atoms. The second-order valence-electron chi connectivity index (χ2n) is 7.09. The number of nitrogens with one attached hydrogen (secondary N) is 2. The second kappa shape index (κ2) is 8.43. The lowest BCUT2D eigenvalue weighted by Crippen LogP contribution is -2.66. The van der Waals surface area contributed by atoms with E-state index in [0.29, 0.717) is 4.90 Å². The Balaban J connectivity index is 1.79. The molecule has 0 aromatic heterocycles. The molecule has 2 saturated heterocycles. The maximum Gasteiger partial charge on any atom is 0.362 e. The predicted molar refractivity (Wildman–Crippen MR) is 104 cm³/mol. The molecule has 15 heteroatoms. The van der Waals surface area contributed by atoms with Gasteiger partial charge in [0.2, 0.25) is 5.91 Å². The van der Waals surface area contributed by atoms with Crippen LogP contribution < -0.4 is 10.6 Å². The van der Waals surface area contributed by atoms with Crippen molar-refractivity contribution in [2.75, 3.05) is 20.1 Å². The van der Waals surface area contributed by atoms with Gasteiger partial charge in [0, 0.05) is 7.05 Å². The summed E-state index contributed by atoms with van der Waals surface area (Å²) >= 11 is 0. The van der Waals surface area contributed by atoms with E-state index in [0.717, 1.165) is 4.90 Å². The van der Waals surface area contributed by atoms with Crippen LogP contribution in [0.1, 0.15) is 11.6 Å². The molecular formula is C17H19N5O9S. The van der Waals surface area contributed by atoms with Gasteiger partial charge in [-0.2, -0.15) is 8.42 Å². The zero-order chi connectivity index (χ0) is 23.8. The van der Waals surface area contributed by atoms with Crippen LogP contribution >= 0.6 is 0 Å². The fourth-order valence-electron chi connectivity index (χ4n) is 3.26. The quantitative estimate of drug-likeness (QED) is 0.280. The molecule has 3 unspecified atom stereocenters. The highest BCUT2D eigenvalue weighted by Crippen LogP contribution is 2.20. The number of carbonyl (C=O) groups is 5. The van der Waals surface area contributed by atoms with Crippen molar-refractivity contribution in [3.63, 3.8) is 0 Å². The van der Waals surface area contributed by atoms with E-state index in [1.807, 2.05) is 0 Å².